The van der Waals surface area contributed by atoms with Crippen LogP contribution in [0, 0.1) is 11.8 Å². The Morgan fingerprint density at radius 2 is 2.11 bits per heavy atom. The van der Waals surface area contributed by atoms with Crippen LogP contribution in [0.25, 0.3) is 0 Å². The predicted octanol–water partition coefficient (Wildman–Crippen LogP) is -0.0310. The molecule has 0 aromatic heterocycles. The van der Waals surface area contributed by atoms with Gasteiger partial charge in [0.25, 0.3) is 0 Å². The summed E-state index contributed by atoms with van der Waals surface area (Å²) in [4.78, 5) is 25.0. The largest absolute Gasteiger partial charge is 0.354 e. The van der Waals surface area contributed by atoms with E-state index in [-0.39, 0.29) is 17.9 Å². The average molecular weight is 253 g/mol. The van der Waals surface area contributed by atoms with E-state index >= 15 is 0 Å². The maximum absolute atomic E-state index is 12.0. The Morgan fingerprint density at radius 3 is 2.83 bits per heavy atom. The molecular weight excluding hydrogens is 230 g/mol. The molecule has 18 heavy (non-hydrogen) atoms. The molecule has 0 bridgehead atoms. The van der Waals surface area contributed by atoms with Crippen LogP contribution in [0.15, 0.2) is 0 Å². The molecule has 3 unspecified atom stereocenters. The van der Waals surface area contributed by atoms with Crippen LogP contribution in [-0.2, 0) is 9.59 Å². The van der Waals surface area contributed by atoms with Gasteiger partial charge >= 0.3 is 0 Å². The zero-order valence-corrected chi connectivity index (χ0v) is 11.2. The maximum atomic E-state index is 12.0. The minimum Gasteiger partial charge on any atom is -0.354 e. The van der Waals surface area contributed by atoms with E-state index in [1.165, 1.54) is 12.8 Å². The Hall–Kier alpha value is -1.10. The van der Waals surface area contributed by atoms with E-state index < -0.39 is 0 Å². The van der Waals surface area contributed by atoms with Gasteiger partial charge in [0.1, 0.15) is 0 Å². The molecule has 2 N–H and O–H groups in total. The Balaban J connectivity index is 1.73. The van der Waals surface area contributed by atoms with Gasteiger partial charge in [-0.2, -0.15) is 0 Å². The van der Waals surface area contributed by atoms with E-state index in [0.29, 0.717) is 24.8 Å². The van der Waals surface area contributed by atoms with Crippen molar-refractivity contribution in [1.82, 2.24) is 15.5 Å². The highest BCUT2D eigenvalue weighted by molar-refractivity contribution is 5.83. The highest BCUT2D eigenvalue weighted by atomic mass is 16.2. The van der Waals surface area contributed by atoms with Gasteiger partial charge in [-0.1, -0.05) is 6.42 Å². The lowest BCUT2D eigenvalue weighted by atomic mass is 9.93. The summed E-state index contributed by atoms with van der Waals surface area (Å²) >= 11 is 0. The lowest BCUT2D eigenvalue weighted by Gasteiger charge is -2.18. The van der Waals surface area contributed by atoms with E-state index in [1.807, 2.05) is 0 Å². The van der Waals surface area contributed by atoms with Gasteiger partial charge in [0.15, 0.2) is 0 Å². The number of fused-ring (bicyclic) bond motifs is 1. The van der Waals surface area contributed by atoms with E-state index in [1.54, 1.807) is 19.0 Å². The molecule has 1 aliphatic heterocycles. The molecule has 1 saturated carbocycles. The standard InChI is InChI=1S/C13H23N3O2/c1-16(2)11(17)6-7-14-13(18)12-10-5-3-4-9(10)8-15-12/h9-10,12,15H,3-8H2,1-2H3,(H,14,18). The summed E-state index contributed by atoms with van der Waals surface area (Å²) in [5, 5.41) is 6.19. The third-order valence-corrected chi connectivity index (χ3v) is 4.17. The molecule has 5 nitrogen and oxygen atoms in total. The summed E-state index contributed by atoms with van der Waals surface area (Å²) in [6.45, 7) is 1.41. The van der Waals surface area contributed by atoms with Crippen molar-refractivity contribution in [3.63, 3.8) is 0 Å². The number of rotatable bonds is 4. The zero-order valence-electron chi connectivity index (χ0n) is 11.2. The van der Waals surface area contributed by atoms with Crippen molar-refractivity contribution in [3.8, 4) is 0 Å². The van der Waals surface area contributed by atoms with Crippen LogP contribution in [0.2, 0.25) is 0 Å². The van der Waals surface area contributed by atoms with Gasteiger partial charge in [-0.05, 0) is 31.2 Å². The number of nitrogens with zero attached hydrogens (tertiary/aromatic N) is 1. The second kappa shape index (κ2) is 5.69. The highest BCUT2D eigenvalue weighted by Gasteiger charge is 2.42. The fourth-order valence-corrected chi connectivity index (χ4v) is 3.10. The van der Waals surface area contributed by atoms with Gasteiger partial charge in [-0.3, -0.25) is 9.59 Å². The molecule has 2 rings (SSSR count). The van der Waals surface area contributed by atoms with Crippen LogP contribution in [-0.4, -0.2) is 49.9 Å². The van der Waals surface area contributed by atoms with Crippen LogP contribution in [0.3, 0.4) is 0 Å². The van der Waals surface area contributed by atoms with E-state index in [2.05, 4.69) is 10.6 Å². The molecule has 1 saturated heterocycles. The van der Waals surface area contributed by atoms with Gasteiger partial charge < -0.3 is 15.5 Å². The van der Waals surface area contributed by atoms with Crippen molar-refractivity contribution in [1.29, 1.82) is 0 Å². The van der Waals surface area contributed by atoms with E-state index in [0.717, 1.165) is 13.0 Å². The van der Waals surface area contributed by atoms with Gasteiger partial charge in [0.05, 0.1) is 6.04 Å². The van der Waals surface area contributed by atoms with Crippen molar-refractivity contribution < 1.29 is 9.59 Å². The molecule has 2 fully saturated rings. The molecule has 3 atom stereocenters. The molecule has 2 aliphatic rings. The van der Waals surface area contributed by atoms with Gasteiger partial charge in [-0.15, -0.1) is 0 Å². The highest BCUT2D eigenvalue weighted by Crippen LogP contribution is 2.37. The summed E-state index contributed by atoms with van der Waals surface area (Å²) in [5.74, 6) is 1.31. The lowest BCUT2D eigenvalue weighted by molar-refractivity contribution is -0.128. The molecular formula is C13H23N3O2. The molecule has 102 valence electrons. The first-order valence-corrected chi connectivity index (χ1v) is 6.81. The van der Waals surface area contributed by atoms with E-state index in [9.17, 15) is 9.59 Å². The molecule has 1 heterocycles. The fourth-order valence-electron chi connectivity index (χ4n) is 3.10. The minimum absolute atomic E-state index is 0.0352. The maximum Gasteiger partial charge on any atom is 0.237 e. The Kier molecular flexibility index (Phi) is 4.22. The molecule has 1 aliphatic carbocycles. The van der Waals surface area contributed by atoms with Crippen molar-refractivity contribution in [2.75, 3.05) is 27.2 Å². The van der Waals surface area contributed by atoms with Gasteiger partial charge in [0, 0.05) is 27.1 Å². The lowest BCUT2D eigenvalue weighted by Crippen LogP contribution is -2.44. The first-order valence-electron chi connectivity index (χ1n) is 6.81. The molecule has 0 spiro atoms. The second-order valence-electron chi connectivity index (χ2n) is 5.57. The topological polar surface area (TPSA) is 61.4 Å². The summed E-state index contributed by atoms with van der Waals surface area (Å²) in [6.07, 6.45) is 4.03. The van der Waals surface area contributed by atoms with Crippen LogP contribution < -0.4 is 10.6 Å². The third-order valence-electron chi connectivity index (χ3n) is 4.17. The van der Waals surface area contributed by atoms with Gasteiger partial charge in [-0.25, -0.2) is 0 Å². The summed E-state index contributed by atoms with van der Waals surface area (Å²) in [5.41, 5.74) is 0. The second-order valence-corrected chi connectivity index (χ2v) is 5.57. The van der Waals surface area contributed by atoms with Crippen LogP contribution in [0.1, 0.15) is 25.7 Å². The Morgan fingerprint density at radius 1 is 1.33 bits per heavy atom. The Bertz CT molecular complexity index is 330. The SMILES string of the molecule is CN(C)C(=O)CCNC(=O)C1NCC2CCCC21. The smallest absolute Gasteiger partial charge is 0.237 e. The van der Waals surface area contributed by atoms with Crippen LogP contribution in [0.4, 0.5) is 0 Å². The third kappa shape index (κ3) is 2.83. The van der Waals surface area contributed by atoms with Crippen molar-refractivity contribution >= 4 is 11.8 Å². The van der Waals surface area contributed by atoms with Crippen molar-refractivity contribution in [2.24, 2.45) is 11.8 Å². The zero-order chi connectivity index (χ0) is 13.1. The monoisotopic (exact) mass is 253 g/mol. The molecule has 5 heteroatoms. The summed E-state index contributed by atoms with van der Waals surface area (Å²) in [6, 6.07) is -0.0352. The minimum atomic E-state index is -0.0352. The molecule has 2 amide bonds. The summed E-state index contributed by atoms with van der Waals surface area (Å²) < 4.78 is 0. The fraction of sp³-hybridized carbons (Fsp3) is 0.846. The van der Waals surface area contributed by atoms with Crippen molar-refractivity contribution in [3.05, 3.63) is 0 Å². The molecule has 0 aromatic carbocycles. The van der Waals surface area contributed by atoms with Crippen molar-refractivity contribution in [2.45, 2.75) is 31.7 Å². The average Bonchev–Trinajstić information content (AvgIpc) is 2.89. The first-order chi connectivity index (χ1) is 8.59. The quantitative estimate of drug-likeness (QED) is 0.739. The number of hydrogen-bond acceptors (Lipinski definition) is 3. The van der Waals surface area contributed by atoms with Crippen LogP contribution >= 0.6 is 0 Å². The Labute approximate surface area is 108 Å². The number of hydrogen-bond donors (Lipinski definition) is 2. The first kappa shape index (κ1) is 13.3. The number of nitrogens with one attached hydrogen (secondary N) is 2. The normalized spacial score (nSPS) is 30.0. The van der Waals surface area contributed by atoms with Gasteiger partial charge in [0.2, 0.25) is 11.8 Å². The number of amides is 2. The van der Waals surface area contributed by atoms with Crippen LogP contribution in [0.5, 0.6) is 0 Å². The number of carbonyl (C=O) groups excluding carboxylic acids is 2. The predicted molar refractivity (Wildman–Crippen MR) is 68.9 cm³/mol. The molecule has 0 radical (unpaired) electrons. The number of carbonyl (C=O) groups is 2. The summed E-state index contributed by atoms with van der Waals surface area (Å²) in [7, 11) is 3.46. The van der Waals surface area contributed by atoms with E-state index in [4.69, 9.17) is 0 Å². The molecule has 0 aromatic rings.